The Morgan fingerprint density at radius 3 is 2.73 bits per heavy atom. The Morgan fingerprint density at radius 1 is 1.23 bits per heavy atom. The molecule has 0 saturated carbocycles. The van der Waals surface area contributed by atoms with E-state index >= 15 is 0 Å². The highest BCUT2D eigenvalue weighted by Gasteiger charge is 2.16. The molecule has 0 saturated heterocycles. The average molecular weight is 372 g/mol. The molecule has 1 aromatic carbocycles. The van der Waals surface area contributed by atoms with Crippen LogP contribution in [0.25, 0.3) is 5.82 Å². The Bertz CT molecular complexity index is 1000. The molecule has 2 aromatic heterocycles. The van der Waals surface area contributed by atoms with Crippen LogP contribution in [0.15, 0.2) is 66.0 Å². The fourth-order valence-electron chi connectivity index (χ4n) is 2.23. The number of esters is 1. The first-order chi connectivity index (χ1) is 12.5. The molecule has 0 aliphatic carbocycles. The number of pyridine rings is 1. The molecule has 8 nitrogen and oxygen atoms in total. The van der Waals surface area contributed by atoms with Crippen molar-refractivity contribution >= 4 is 16.0 Å². The third-order valence-corrected chi connectivity index (χ3v) is 4.98. The Morgan fingerprint density at radius 2 is 2.08 bits per heavy atom. The summed E-state index contributed by atoms with van der Waals surface area (Å²) in [5, 5.41) is 4.08. The second-order valence-corrected chi connectivity index (χ2v) is 7.09. The van der Waals surface area contributed by atoms with E-state index in [-0.39, 0.29) is 17.0 Å². The van der Waals surface area contributed by atoms with Gasteiger partial charge in [0.1, 0.15) is 0 Å². The number of ether oxygens (including phenoxy) is 1. The summed E-state index contributed by atoms with van der Waals surface area (Å²) in [6.45, 7) is 0.0666. The van der Waals surface area contributed by atoms with Gasteiger partial charge in [-0.15, -0.1) is 0 Å². The number of methoxy groups -OCH3 is 1. The third-order valence-electron chi connectivity index (χ3n) is 3.58. The van der Waals surface area contributed by atoms with Gasteiger partial charge >= 0.3 is 5.97 Å². The van der Waals surface area contributed by atoms with Gasteiger partial charge in [0.2, 0.25) is 10.0 Å². The summed E-state index contributed by atoms with van der Waals surface area (Å²) in [5.74, 6) is 0.0350. The Kier molecular flexibility index (Phi) is 5.10. The van der Waals surface area contributed by atoms with Gasteiger partial charge in [0.05, 0.1) is 17.6 Å². The van der Waals surface area contributed by atoms with E-state index in [4.69, 9.17) is 0 Å². The molecule has 0 aliphatic rings. The van der Waals surface area contributed by atoms with Crippen molar-refractivity contribution in [2.45, 2.75) is 11.4 Å². The largest absolute Gasteiger partial charge is 0.465 e. The third kappa shape index (κ3) is 3.95. The first-order valence-electron chi connectivity index (χ1n) is 7.62. The van der Waals surface area contributed by atoms with E-state index < -0.39 is 16.0 Å². The number of nitrogens with one attached hydrogen (secondary N) is 1. The van der Waals surface area contributed by atoms with Gasteiger partial charge in [-0.1, -0.05) is 12.1 Å². The molecular weight excluding hydrogens is 356 g/mol. The molecule has 0 aliphatic heterocycles. The minimum absolute atomic E-state index is 0.0125. The SMILES string of the molecule is COC(=O)c1cccc(S(=O)(=O)NCc2ccc(-n3cccn3)nc2)c1. The van der Waals surface area contributed by atoms with E-state index in [1.165, 1.54) is 31.4 Å². The lowest BCUT2D eigenvalue weighted by atomic mass is 10.2. The Labute approximate surface area is 150 Å². The van der Waals surface area contributed by atoms with Crippen LogP contribution in [0.1, 0.15) is 15.9 Å². The van der Waals surface area contributed by atoms with E-state index in [1.54, 1.807) is 41.5 Å². The van der Waals surface area contributed by atoms with Gasteiger partial charge < -0.3 is 4.74 Å². The number of rotatable bonds is 6. The Balaban J connectivity index is 1.71. The number of nitrogens with zero attached hydrogens (tertiary/aromatic N) is 3. The predicted molar refractivity (Wildman–Crippen MR) is 93.2 cm³/mol. The van der Waals surface area contributed by atoms with Crippen LogP contribution < -0.4 is 4.72 Å². The predicted octanol–water partition coefficient (Wildman–Crippen LogP) is 1.53. The standard InChI is InChI=1S/C17H16N4O4S/c1-25-17(22)14-4-2-5-15(10-14)26(23,24)20-12-13-6-7-16(18-11-13)21-9-3-8-19-21/h2-11,20H,12H2,1H3. The molecule has 0 radical (unpaired) electrons. The zero-order valence-corrected chi connectivity index (χ0v) is 14.7. The molecule has 0 unspecified atom stereocenters. The summed E-state index contributed by atoms with van der Waals surface area (Å²) in [6.07, 6.45) is 4.98. The van der Waals surface area contributed by atoms with Crippen LogP contribution in [0.2, 0.25) is 0 Å². The highest BCUT2D eigenvalue weighted by atomic mass is 32.2. The molecule has 0 spiro atoms. The molecule has 134 valence electrons. The van der Waals surface area contributed by atoms with Crippen molar-refractivity contribution in [2.24, 2.45) is 0 Å². The number of hydrogen-bond acceptors (Lipinski definition) is 6. The molecule has 3 rings (SSSR count). The molecule has 0 amide bonds. The highest BCUT2D eigenvalue weighted by molar-refractivity contribution is 7.89. The van der Waals surface area contributed by atoms with Crippen LogP contribution in [0.5, 0.6) is 0 Å². The van der Waals surface area contributed by atoms with Crippen molar-refractivity contribution in [3.63, 3.8) is 0 Å². The summed E-state index contributed by atoms with van der Waals surface area (Å²) >= 11 is 0. The van der Waals surface area contributed by atoms with Gasteiger partial charge in [0.25, 0.3) is 0 Å². The van der Waals surface area contributed by atoms with Gasteiger partial charge in [-0.3, -0.25) is 0 Å². The maximum absolute atomic E-state index is 12.4. The van der Waals surface area contributed by atoms with Crippen molar-refractivity contribution in [3.8, 4) is 5.82 Å². The topological polar surface area (TPSA) is 103 Å². The zero-order chi connectivity index (χ0) is 18.6. The van der Waals surface area contributed by atoms with E-state index in [0.29, 0.717) is 11.4 Å². The van der Waals surface area contributed by atoms with Gasteiger partial charge in [-0.05, 0) is 35.9 Å². The molecular formula is C17H16N4O4S. The van der Waals surface area contributed by atoms with Crippen LogP contribution in [0.3, 0.4) is 0 Å². The average Bonchev–Trinajstić information content (AvgIpc) is 3.21. The lowest BCUT2D eigenvalue weighted by Crippen LogP contribution is -2.23. The van der Waals surface area contributed by atoms with E-state index in [1.807, 2.05) is 0 Å². The first-order valence-corrected chi connectivity index (χ1v) is 9.11. The summed E-state index contributed by atoms with van der Waals surface area (Å²) < 4.78 is 33.5. The van der Waals surface area contributed by atoms with Crippen LogP contribution >= 0.6 is 0 Å². The van der Waals surface area contributed by atoms with Crippen molar-refractivity contribution in [1.29, 1.82) is 0 Å². The van der Waals surface area contributed by atoms with Gasteiger partial charge in [0, 0.05) is 25.1 Å². The number of benzene rings is 1. The van der Waals surface area contributed by atoms with E-state index in [0.717, 1.165) is 0 Å². The lowest BCUT2D eigenvalue weighted by molar-refractivity contribution is 0.0600. The molecule has 2 heterocycles. The summed E-state index contributed by atoms with van der Waals surface area (Å²) in [4.78, 5) is 15.8. The summed E-state index contributed by atoms with van der Waals surface area (Å²) in [5.41, 5.74) is 0.856. The molecule has 1 N–H and O–H groups in total. The first kappa shape index (κ1) is 17.8. The fourth-order valence-corrected chi connectivity index (χ4v) is 3.29. The van der Waals surface area contributed by atoms with Crippen LogP contribution in [-0.4, -0.2) is 36.3 Å². The quantitative estimate of drug-likeness (QED) is 0.658. The number of sulfonamides is 1. The van der Waals surface area contributed by atoms with Crippen LogP contribution in [0.4, 0.5) is 0 Å². The van der Waals surface area contributed by atoms with Crippen molar-refractivity contribution in [2.75, 3.05) is 7.11 Å². The molecule has 0 fully saturated rings. The normalized spacial score (nSPS) is 11.3. The summed E-state index contributed by atoms with van der Waals surface area (Å²) in [7, 11) is -2.54. The van der Waals surface area contributed by atoms with Gasteiger partial charge in [-0.25, -0.2) is 27.6 Å². The minimum atomic E-state index is -3.78. The monoisotopic (exact) mass is 372 g/mol. The van der Waals surface area contributed by atoms with E-state index in [2.05, 4.69) is 19.5 Å². The number of hydrogen-bond donors (Lipinski definition) is 1. The molecule has 0 atom stereocenters. The molecule has 0 bridgehead atoms. The van der Waals surface area contributed by atoms with Gasteiger partial charge in [0.15, 0.2) is 5.82 Å². The minimum Gasteiger partial charge on any atom is -0.465 e. The molecule has 26 heavy (non-hydrogen) atoms. The number of carbonyl (C=O) groups is 1. The van der Waals surface area contributed by atoms with E-state index in [9.17, 15) is 13.2 Å². The zero-order valence-electron chi connectivity index (χ0n) is 13.9. The lowest BCUT2D eigenvalue weighted by Gasteiger charge is -2.08. The maximum atomic E-state index is 12.4. The molecule has 3 aromatic rings. The van der Waals surface area contributed by atoms with Gasteiger partial charge in [-0.2, -0.15) is 5.10 Å². The summed E-state index contributed by atoms with van der Waals surface area (Å²) in [6, 6.07) is 10.9. The smallest absolute Gasteiger partial charge is 0.337 e. The van der Waals surface area contributed by atoms with Crippen molar-refractivity contribution in [3.05, 3.63) is 72.2 Å². The second-order valence-electron chi connectivity index (χ2n) is 5.32. The highest BCUT2D eigenvalue weighted by Crippen LogP contribution is 2.13. The second kappa shape index (κ2) is 7.46. The Hall–Kier alpha value is -3.04. The maximum Gasteiger partial charge on any atom is 0.337 e. The number of aromatic nitrogens is 3. The van der Waals surface area contributed by atoms with Crippen LogP contribution in [0, 0.1) is 0 Å². The molecule has 9 heteroatoms. The number of carbonyl (C=O) groups excluding carboxylic acids is 1. The van der Waals surface area contributed by atoms with Crippen molar-refractivity contribution in [1.82, 2.24) is 19.5 Å². The van der Waals surface area contributed by atoms with Crippen LogP contribution in [-0.2, 0) is 21.3 Å². The van der Waals surface area contributed by atoms with Crippen molar-refractivity contribution < 1.29 is 17.9 Å². The fraction of sp³-hybridized carbons (Fsp3) is 0.118.